The van der Waals surface area contributed by atoms with Gasteiger partial charge in [-0.3, -0.25) is 0 Å². The second-order valence-corrected chi connectivity index (χ2v) is 8.35. The number of halogens is 3. The first kappa shape index (κ1) is 24.6. The van der Waals surface area contributed by atoms with Gasteiger partial charge in [-0.1, -0.05) is 42.0 Å². The van der Waals surface area contributed by atoms with Gasteiger partial charge in [-0.25, -0.2) is 4.79 Å². The zero-order valence-electron chi connectivity index (χ0n) is 19.2. The van der Waals surface area contributed by atoms with E-state index in [1.807, 2.05) is 30.3 Å². The minimum Gasteiger partial charge on any atom is -0.489 e. The molecule has 1 N–H and O–H groups in total. The van der Waals surface area contributed by atoms with Crippen molar-refractivity contribution in [3.63, 3.8) is 0 Å². The summed E-state index contributed by atoms with van der Waals surface area (Å²) in [7, 11) is 0. The molecule has 4 rings (SSSR count). The Kier molecular flexibility index (Phi) is 6.84. The van der Waals surface area contributed by atoms with E-state index in [2.05, 4.69) is 0 Å². The Bertz CT molecular complexity index is 1500. The van der Waals surface area contributed by atoms with Gasteiger partial charge in [-0.05, 0) is 48.4 Å². The van der Waals surface area contributed by atoms with Gasteiger partial charge in [0.1, 0.15) is 24.0 Å². The van der Waals surface area contributed by atoms with Crippen molar-refractivity contribution in [3.8, 4) is 11.8 Å². The van der Waals surface area contributed by atoms with Gasteiger partial charge in [-0.2, -0.15) is 18.4 Å². The Balaban J connectivity index is 1.77. The summed E-state index contributed by atoms with van der Waals surface area (Å²) in [4.78, 5) is 11.4. The number of hydrogen-bond donors (Lipinski definition) is 1. The second-order valence-electron chi connectivity index (χ2n) is 8.35. The van der Waals surface area contributed by atoms with Crippen molar-refractivity contribution in [2.75, 3.05) is 0 Å². The van der Waals surface area contributed by atoms with E-state index >= 15 is 0 Å². The van der Waals surface area contributed by atoms with Crippen LogP contribution in [0.1, 0.15) is 27.8 Å². The van der Waals surface area contributed by atoms with Crippen molar-refractivity contribution in [2.45, 2.75) is 26.3 Å². The molecule has 182 valence electrons. The molecule has 1 aromatic heterocycles. The van der Waals surface area contributed by atoms with Crippen LogP contribution in [0.4, 0.5) is 13.2 Å². The molecule has 3 aromatic carbocycles. The van der Waals surface area contributed by atoms with Gasteiger partial charge in [0.05, 0.1) is 11.1 Å². The minimum absolute atomic E-state index is 0.103. The maximum Gasteiger partial charge on any atom is 0.416 e. The van der Waals surface area contributed by atoms with Crippen LogP contribution in [-0.2, 0) is 24.1 Å². The molecular formula is C28H21F3N2O3. The van der Waals surface area contributed by atoms with Crippen molar-refractivity contribution in [3.05, 3.63) is 106 Å². The Hall–Kier alpha value is -4.51. The molecule has 0 unspecified atom stereocenters. The number of nitriles is 1. The number of fused-ring (bicyclic) bond motifs is 1. The number of aryl methyl sites for hydroxylation is 1. The number of ether oxygens (including phenoxy) is 1. The van der Waals surface area contributed by atoms with Gasteiger partial charge in [-0.15, -0.1) is 0 Å². The van der Waals surface area contributed by atoms with Gasteiger partial charge in [0.25, 0.3) is 0 Å². The first-order valence-electron chi connectivity index (χ1n) is 11.0. The number of aromatic nitrogens is 1. The van der Waals surface area contributed by atoms with Gasteiger partial charge in [0.15, 0.2) is 0 Å². The van der Waals surface area contributed by atoms with Crippen LogP contribution >= 0.6 is 0 Å². The van der Waals surface area contributed by atoms with Crippen molar-refractivity contribution >= 4 is 22.9 Å². The van der Waals surface area contributed by atoms with Crippen LogP contribution < -0.4 is 4.74 Å². The molecule has 8 heteroatoms. The molecule has 0 fully saturated rings. The lowest BCUT2D eigenvalue weighted by atomic mass is 10.1. The van der Waals surface area contributed by atoms with E-state index in [0.717, 1.165) is 17.7 Å². The number of nitrogens with zero attached hydrogens (tertiary/aromatic N) is 2. The lowest BCUT2D eigenvalue weighted by Crippen LogP contribution is -2.07. The summed E-state index contributed by atoms with van der Waals surface area (Å²) in [6.45, 7) is 2.03. The predicted octanol–water partition coefficient (Wildman–Crippen LogP) is 6.59. The highest BCUT2D eigenvalue weighted by atomic mass is 19.4. The number of benzene rings is 3. The second kappa shape index (κ2) is 10.0. The van der Waals surface area contributed by atoms with Crippen LogP contribution in [0.3, 0.4) is 0 Å². The van der Waals surface area contributed by atoms with E-state index in [1.54, 1.807) is 48.0 Å². The lowest BCUT2D eigenvalue weighted by molar-refractivity contribution is -0.137. The van der Waals surface area contributed by atoms with Crippen LogP contribution in [0.15, 0.2) is 78.5 Å². The van der Waals surface area contributed by atoms with E-state index in [9.17, 15) is 28.3 Å². The third-order valence-corrected chi connectivity index (χ3v) is 5.60. The molecule has 1 heterocycles. The maximum atomic E-state index is 13.4. The van der Waals surface area contributed by atoms with E-state index in [1.165, 1.54) is 6.08 Å². The van der Waals surface area contributed by atoms with E-state index in [-0.39, 0.29) is 6.54 Å². The van der Waals surface area contributed by atoms with Crippen molar-refractivity contribution in [2.24, 2.45) is 0 Å². The highest BCUT2D eigenvalue weighted by Gasteiger charge is 2.31. The van der Waals surface area contributed by atoms with E-state index in [4.69, 9.17) is 4.74 Å². The van der Waals surface area contributed by atoms with Crippen molar-refractivity contribution < 1.29 is 27.8 Å². The number of hydrogen-bond acceptors (Lipinski definition) is 3. The molecule has 4 aromatic rings. The van der Waals surface area contributed by atoms with Gasteiger partial charge in [0.2, 0.25) is 0 Å². The fourth-order valence-electron chi connectivity index (χ4n) is 3.99. The van der Waals surface area contributed by atoms with Crippen molar-refractivity contribution in [1.29, 1.82) is 5.26 Å². The largest absolute Gasteiger partial charge is 0.489 e. The molecule has 0 saturated heterocycles. The number of rotatable bonds is 7. The summed E-state index contributed by atoms with van der Waals surface area (Å²) in [6, 6.07) is 20.3. The van der Waals surface area contributed by atoms with Crippen LogP contribution in [-0.4, -0.2) is 15.6 Å². The normalized spacial score (nSPS) is 11.9. The number of carboxylic acid groups (broad SMARTS) is 1. The molecule has 0 radical (unpaired) electrons. The molecule has 0 bridgehead atoms. The average Bonchev–Trinajstić information content (AvgIpc) is 3.17. The smallest absolute Gasteiger partial charge is 0.416 e. The molecule has 0 atom stereocenters. The Morgan fingerprint density at radius 3 is 2.50 bits per heavy atom. The quantitative estimate of drug-likeness (QED) is 0.234. The fraction of sp³-hybridized carbons (Fsp3) is 0.143. The highest BCUT2D eigenvalue weighted by molar-refractivity contribution is 6.00. The Morgan fingerprint density at radius 2 is 1.83 bits per heavy atom. The van der Waals surface area contributed by atoms with Crippen LogP contribution in [0, 0.1) is 18.3 Å². The predicted molar refractivity (Wildman–Crippen MR) is 129 cm³/mol. The first-order chi connectivity index (χ1) is 17.1. The summed E-state index contributed by atoms with van der Waals surface area (Å²) in [5.74, 6) is -0.824. The van der Waals surface area contributed by atoms with Crippen LogP contribution in [0.5, 0.6) is 5.75 Å². The molecule has 0 spiro atoms. The molecule has 0 amide bonds. The number of alkyl halides is 3. The SMILES string of the molecule is Cc1cc(Cn2cc(/C=C(\C#N)C(=O)O)c3ccc(OCc4ccccc4)cc32)cc(C(F)(F)F)c1. The standard InChI is InChI=1S/C28H21F3N2O3/c1-18-9-20(11-23(10-18)28(29,30)31)15-33-16-22(12-21(14-32)27(34)35)25-8-7-24(13-26(25)33)36-17-19-5-3-2-4-6-19/h2-13,16H,15,17H2,1H3,(H,34,35)/b21-12+. The monoisotopic (exact) mass is 490 g/mol. The van der Waals surface area contributed by atoms with Gasteiger partial charge < -0.3 is 14.4 Å². The molecule has 0 aliphatic carbocycles. The molecule has 0 aliphatic rings. The highest BCUT2D eigenvalue weighted by Crippen LogP contribution is 2.32. The molecule has 5 nitrogen and oxygen atoms in total. The Morgan fingerprint density at radius 1 is 1.08 bits per heavy atom. The van der Waals surface area contributed by atoms with E-state index < -0.39 is 23.3 Å². The molecule has 36 heavy (non-hydrogen) atoms. The lowest BCUT2D eigenvalue weighted by Gasteiger charge is -2.12. The zero-order chi connectivity index (χ0) is 25.9. The maximum absolute atomic E-state index is 13.4. The fourth-order valence-corrected chi connectivity index (χ4v) is 3.99. The summed E-state index contributed by atoms with van der Waals surface area (Å²) in [6.07, 6.45) is -1.60. The minimum atomic E-state index is -4.48. The Labute approximate surface area is 205 Å². The van der Waals surface area contributed by atoms with Gasteiger partial charge in [0, 0.05) is 29.8 Å². The van der Waals surface area contributed by atoms with Crippen molar-refractivity contribution in [1.82, 2.24) is 4.57 Å². The molecule has 0 saturated carbocycles. The third kappa shape index (κ3) is 5.58. The topological polar surface area (TPSA) is 75.2 Å². The van der Waals surface area contributed by atoms with Crippen LogP contribution in [0.25, 0.3) is 17.0 Å². The molecule has 0 aliphatic heterocycles. The first-order valence-corrected chi connectivity index (χ1v) is 11.0. The zero-order valence-corrected chi connectivity index (χ0v) is 19.2. The summed E-state index contributed by atoms with van der Waals surface area (Å²) < 4.78 is 47.7. The van der Waals surface area contributed by atoms with E-state index in [0.29, 0.717) is 39.9 Å². The third-order valence-electron chi connectivity index (χ3n) is 5.60. The van der Waals surface area contributed by atoms with Crippen LogP contribution in [0.2, 0.25) is 0 Å². The summed E-state index contributed by atoms with van der Waals surface area (Å²) >= 11 is 0. The number of carboxylic acids is 1. The molecular weight excluding hydrogens is 469 g/mol. The number of aliphatic carboxylic acids is 1. The number of carbonyl (C=O) groups is 1. The summed E-state index contributed by atoms with van der Waals surface area (Å²) in [5.41, 5.74) is 1.78. The average molecular weight is 490 g/mol. The van der Waals surface area contributed by atoms with Gasteiger partial charge >= 0.3 is 12.1 Å². The summed E-state index contributed by atoms with van der Waals surface area (Å²) in [5, 5.41) is 19.1.